The van der Waals surface area contributed by atoms with E-state index in [1.54, 1.807) is 20.8 Å². The second kappa shape index (κ2) is 11.3. The van der Waals surface area contributed by atoms with Crippen LogP contribution in [0.4, 0.5) is 0 Å². The molecule has 1 aromatic carbocycles. The first-order valence-electron chi connectivity index (χ1n) is 14.5. The first-order valence-corrected chi connectivity index (χ1v) is 14.5. The molecule has 0 saturated carbocycles. The van der Waals surface area contributed by atoms with Crippen LogP contribution in [-0.2, 0) is 25.5 Å². The maximum atomic E-state index is 13.9. The van der Waals surface area contributed by atoms with E-state index in [0.29, 0.717) is 18.6 Å². The van der Waals surface area contributed by atoms with E-state index in [4.69, 9.17) is 18.9 Å². The number of carbonyl (C=O) groups is 2. The Morgan fingerprint density at radius 3 is 2.66 bits per heavy atom. The van der Waals surface area contributed by atoms with E-state index >= 15 is 0 Å². The van der Waals surface area contributed by atoms with Crippen LogP contribution in [-0.4, -0.2) is 76.4 Å². The smallest absolute Gasteiger partial charge is 0.339 e. The Kier molecular flexibility index (Phi) is 8.12. The maximum Gasteiger partial charge on any atom is 0.339 e. The number of nitrogens with zero attached hydrogens (tertiary/aromatic N) is 1. The van der Waals surface area contributed by atoms with Crippen molar-refractivity contribution in [2.75, 3.05) is 26.5 Å². The summed E-state index contributed by atoms with van der Waals surface area (Å²) in [6.07, 6.45) is 4.44. The van der Waals surface area contributed by atoms with Gasteiger partial charge >= 0.3 is 11.9 Å². The third-order valence-corrected chi connectivity index (χ3v) is 8.89. The van der Waals surface area contributed by atoms with Crippen LogP contribution < -0.4 is 9.47 Å². The van der Waals surface area contributed by atoms with Crippen molar-refractivity contribution in [3.63, 3.8) is 0 Å². The van der Waals surface area contributed by atoms with Gasteiger partial charge in [-0.05, 0) is 102 Å². The van der Waals surface area contributed by atoms with Crippen LogP contribution in [0.1, 0.15) is 83.3 Å². The zero-order valence-electron chi connectivity index (χ0n) is 24.5. The van der Waals surface area contributed by atoms with E-state index in [2.05, 4.69) is 22.8 Å². The molecule has 1 aliphatic carbocycles. The molecular weight excluding hydrogens is 526 g/mol. The molecule has 41 heavy (non-hydrogen) atoms. The van der Waals surface area contributed by atoms with E-state index in [1.165, 1.54) is 0 Å². The average Bonchev–Trinajstić information content (AvgIpc) is 3.57. The normalized spacial score (nSPS) is 26.0. The molecule has 5 rings (SSSR count). The predicted octanol–water partition coefficient (Wildman–Crippen LogP) is 3.39. The number of hydrogen-bond acceptors (Lipinski definition) is 9. The van der Waals surface area contributed by atoms with E-state index in [1.807, 2.05) is 19.1 Å². The molecule has 0 amide bonds. The van der Waals surface area contributed by atoms with Gasteiger partial charge < -0.3 is 29.2 Å². The first kappa shape index (κ1) is 29.4. The molecule has 4 aliphatic rings. The minimum atomic E-state index is -2.12. The molecule has 0 aromatic heterocycles. The molecule has 3 heterocycles. The van der Waals surface area contributed by atoms with Crippen molar-refractivity contribution in [3.05, 3.63) is 34.9 Å². The molecular formula is C32H41NO8. The lowest BCUT2D eigenvalue weighted by molar-refractivity contribution is -0.177. The fourth-order valence-electron chi connectivity index (χ4n) is 6.98. The van der Waals surface area contributed by atoms with E-state index in [-0.39, 0.29) is 31.3 Å². The van der Waals surface area contributed by atoms with Gasteiger partial charge in [-0.2, -0.15) is 0 Å². The number of hydrogen-bond donors (Lipinski definition) is 2. The maximum absolute atomic E-state index is 13.9. The molecule has 1 saturated heterocycles. The van der Waals surface area contributed by atoms with Crippen LogP contribution in [0.2, 0.25) is 0 Å². The Hall–Kier alpha value is -3.06. The standard InChI is InChI=1S/C32H41NO8/c1-5-6-15-38-26(34)19-32(37,12-7-10-30(3,4)36)29(35)41-28-21(2)18-31-11-8-13-33(31)14-9-22-16-24-25(40-20-39-24)17-23(22)27(28)31/h16-18,27-28,36-37H,7-15,19-20H2,1-4H3/t27-,28?,31?,32-/m1/s1. The van der Waals surface area contributed by atoms with Crippen molar-refractivity contribution in [1.82, 2.24) is 4.90 Å². The molecule has 3 aliphatic heterocycles. The third-order valence-electron chi connectivity index (χ3n) is 8.89. The Labute approximate surface area is 241 Å². The average molecular weight is 568 g/mol. The van der Waals surface area contributed by atoms with Gasteiger partial charge in [0.15, 0.2) is 23.7 Å². The van der Waals surface area contributed by atoms with Gasteiger partial charge in [0, 0.05) is 12.5 Å². The highest BCUT2D eigenvalue weighted by Gasteiger charge is 2.57. The second-order valence-corrected chi connectivity index (χ2v) is 12.4. The first-order chi connectivity index (χ1) is 19.5. The lowest BCUT2D eigenvalue weighted by atomic mass is 9.77. The number of benzene rings is 1. The molecule has 9 heteroatoms. The summed E-state index contributed by atoms with van der Waals surface area (Å²) in [6, 6.07) is 4.07. The van der Waals surface area contributed by atoms with Gasteiger partial charge in [-0.1, -0.05) is 12.0 Å². The van der Waals surface area contributed by atoms with Crippen LogP contribution in [0.25, 0.3) is 0 Å². The summed E-state index contributed by atoms with van der Waals surface area (Å²) in [4.78, 5) is 29.0. The number of ether oxygens (including phenoxy) is 4. The number of carbonyl (C=O) groups excluding carboxylic acids is 2. The number of rotatable bonds is 9. The van der Waals surface area contributed by atoms with Gasteiger partial charge in [-0.3, -0.25) is 9.69 Å². The van der Waals surface area contributed by atoms with Gasteiger partial charge in [-0.15, -0.1) is 5.92 Å². The van der Waals surface area contributed by atoms with Crippen molar-refractivity contribution < 1.29 is 38.7 Å². The molecule has 2 N–H and O–H groups in total. The SMILES string of the molecule is CC#CCOC(=O)C[C@](O)(CCCC(C)(C)O)C(=O)OC1C(C)=CC23CCCN2CCc2cc4c(cc2[C@H]13)OCO4. The van der Waals surface area contributed by atoms with Gasteiger partial charge in [0.05, 0.1) is 17.6 Å². The lowest BCUT2D eigenvalue weighted by Crippen LogP contribution is -2.49. The molecule has 9 nitrogen and oxygen atoms in total. The fourth-order valence-corrected chi connectivity index (χ4v) is 6.98. The zero-order valence-corrected chi connectivity index (χ0v) is 24.5. The van der Waals surface area contributed by atoms with Crippen molar-refractivity contribution in [3.8, 4) is 23.3 Å². The minimum Gasteiger partial charge on any atom is -0.455 e. The largest absolute Gasteiger partial charge is 0.455 e. The van der Waals surface area contributed by atoms with Crippen LogP contribution in [0, 0.1) is 11.8 Å². The summed E-state index contributed by atoms with van der Waals surface area (Å²) in [5, 5.41) is 21.9. The third kappa shape index (κ3) is 5.83. The highest BCUT2D eigenvalue weighted by molar-refractivity contribution is 5.86. The van der Waals surface area contributed by atoms with Gasteiger partial charge in [0.25, 0.3) is 0 Å². The predicted molar refractivity (Wildman–Crippen MR) is 150 cm³/mol. The monoisotopic (exact) mass is 567 g/mol. The number of fused-ring (bicyclic) bond motifs is 3. The Balaban J connectivity index is 1.45. The molecule has 0 radical (unpaired) electrons. The van der Waals surface area contributed by atoms with Gasteiger partial charge in [-0.25, -0.2) is 4.79 Å². The molecule has 1 fully saturated rings. The molecule has 1 aromatic rings. The van der Waals surface area contributed by atoms with Gasteiger partial charge in [0.1, 0.15) is 6.10 Å². The Morgan fingerprint density at radius 1 is 1.17 bits per heavy atom. The summed E-state index contributed by atoms with van der Waals surface area (Å²) in [5.41, 5.74) is -0.298. The Morgan fingerprint density at radius 2 is 1.93 bits per heavy atom. The minimum absolute atomic E-state index is 0.0585. The van der Waals surface area contributed by atoms with E-state index in [0.717, 1.165) is 54.8 Å². The van der Waals surface area contributed by atoms with E-state index in [9.17, 15) is 19.8 Å². The topological polar surface area (TPSA) is 115 Å². The van der Waals surface area contributed by atoms with Crippen molar-refractivity contribution >= 4 is 11.9 Å². The van der Waals surface area contributed by atoms with Crippen molar-refractivity contribution in [2.24, 2.45) is 0 Å². The van der Waals surface area contributed by atoms with Crippen molar-refractivity contribution in [2.45, 2.75) is 101 Å². The van der Waals surface area contributed by atoms with E-state index < -0.39 is 35.7 Å². The molecule has 4 atom stereocenters. The lowest BCUT2D eigenvalue weighted by Gasteiger charge is -2.40. The summed E-state index contributed by atoms with van der Waals surface area (Å²) >= 11 is 0. The molecule has 1 spiro atoms. The highest BCUT2D eigenvalue weighted by atomic mass is 16.7. The fraction of sp³-hybridized carbons (Fsp3) is 0.625. The highest BCUT2D eigenvalue weighted by Crippen LogP contribution is 2.55. The van der Waals surface area contributed by atoms with Crippen LogP contribution in [0.5, 0.6) is 11.5 Å². The summed E-state index contributed by atoms with van der Waals surface area (Å²) in [6.45, 7) is 8.81. The van der Waals surface area contributed by atoms with Crippen molar-refractivity contribution in [1.29, 1.82) is 0 Å². The summed E-state index contributed by atoms with van der Waals surface area (Å²) in [5.74, 6) is 4.91. The Bertz CT molecular complexity index is 1290. The quantitative estimate of drug-likeness (QED) is 0.263. The second-order valence-electron chi connectivity index (χ2n) is 12.4. The zero-order chi connectivity index (χ0) is 29.4. The van der Waals surface area contributed by atoms with Crippen LogP contribution in [0.3, 0.4) is 0 Å². The summed E-state index contributed by atoms with van der Waals surface area (Å²) < 4.78 is 22.8. The number of esters is 2. The molecule has 222 valence electrons. The van der Waals surface area contributed by atoms with Crippen LogP contribution >= 0.6 is 0 Å². The summed E-state index contributed by atoms with van der Waals surface area (Å²) in [7, 11) is 0. The molecule has 0 bridgehead atoms. The van der Waals surface area contributed by atoms with Gasteiger partial charge in [0.2, 0.25) is 6.79 Å². The number of aliphatic hydroxyl groups is 2. The van der Waals surface area contributed by atoms with Crippen LogP contribution in [0.15, 0.2) is 23.8 Å². The molecule has 2 unspecified atom stereocenters.